The molecule has 1 saturated carbocycles. The quantitative estimate of drug-likeness (QED) is 0.816. The molecule has 1 fully saturated rings. The smallest absolute Gasteiger partial charge is 0.128 e. The number of anilines is 1. The van der Waals surface area contributed by atoms with Crippen LogP contribution in [0.1, 0.15) is 45.2 Å². The van der Waals surface area contributed by atoms with E-state index in [1.165, 1.54) is 12.0 Å². The highest BCUT2D eigenvalue weighted by molar-refractivity contribution is 5.39. The Morgan fingerprint density at radius 1 is 1.47 bits per heavy atom. The molecule has 1 aliphatic rings. The van der Waals surface area contributed by atoms with E-state index in [0.717, 1.165) is 37.2 Å². The van der Waals surface area contributed by atoms with Crippen molar-refractivity contribution in [3.63, 3.8) is 0 Å². The first-order valence-corrected chi connectivity index (χ1v) is 7.52. The first kappa shape index (κ1) is 14.3. The van der Waals surface area contributed by atoms with Gasteiger partial charge in [0.15, 0.2) is 0 Å². The topological polar surface area (TPSA) is 28.2 Å². The third-order valence-electron chi connectivity index (χ3n) is 4.15. The molecule has 3 heteroatoms. The molecule has 0 aliphatic heterocycles. The molecule has 0 radical (unpaired) electrons. The first-order chi connectivity index (χ1) is 9.11. The summed E-state index contributed by atoms with van der Waals surface area (Å²) >= 11 is 0. The molecular weight excluding hydrogens is 234 g/mol. The Balaban J connectivity index is 1.89. The lowest BCUT2D eigenvalue weighted by Gasteiger charge is -2.19. The van der Waals surface area contributed by atoms with E-state index < -0.39 is 0 Å². The largest absolute Gasteiger partial charge is 0.359 e. The zero-order valence-corrected chi connectivity index (χ0v) is 12.7. The molecule has 2 rings (SSSR count). The van der Waals surface area contributed by atoms with Gasteiger partial charge in [-0.3, -0.25) is 0 Å². The van der Waals surface area contributed by atoms with E-state index in [0.29, 0.717) is 6.04 Å². The van der Waals surface area contributed by atoms with E-state index >= 15 is 0 Å². The molecule has 0 spiro atoms. The van der Waals surface area contributed by atoms with Crippen molar-refractivity contribution in [2.75, 3.05) is 25.0 Å². The minimum absolute atomic E-state index is 0.385. The van der Waals surface area contributed by atoms with Crippen LogP contribution in [0.5, 0.6) is 0 Å². The lowest BCUT2D eigenvalue weighted by Crippen LogP contribution is -2.22. The summed E-state index contributed by atoms with van der Waals surface area (Å²) in [6, 6.07) is 4.73. The first-order valence-electron chi connectivity index (χ1n) is 7.52. The molecule has 3 nitrogen and oxygen atoms in total. The summed E-state index contributed by atoms with van der Waals surface area (Å²) in [6.45, 7) is 8.91. The molecule has 0 bridgehead atoms. The molecule has 1 N–H and O–H groups in total. The highest BCUT2D eigenvalue weighted by Gasteiger charge is 2.33. The molecule has 3 unspecified atom stereocenters. The van der Waals surface area contributed by atoms with Gasteiger partial charge in [-0.2, -0.15) is 0 Å². The monoisotopic (exact) mass is 261 g/mol. The molecule has 0 amide bonds. The Labute approximate surface area is 117 Å². The van der Waals surface area contributed by atoms with Crippen LogP contribution in [0.2, 0.25) is 0 Å². The molecule has 3 atom stereocenters. The van der Waals surface area contributed by atoms with Crippen LogP contribution in [0, 0.1) is 11.8 Å². The van der Waals surface area contributed by atoms with Crippen molar-refractivity contribution in [3.05, 3.63) is 23.9 Å². The average Bonchev–Trinajstić information content (AvgIpc) is 3.11. The molecule has 1 aliphatic carbocycles. The number of aromatic nitrogens is 1. The third-order valence-corrected chi connectivity index (χ3v) is 4.15. The minimum atomic E-state index is 0.385. The van der Waals surface area contributed by atoms with Gasteiger partial charge in [0, 0.05) is 25.8 Å². The number of hydrogen-bond donors (Lipinski definition) is 1. The van der Waals surface area contributed by atoms with Crippen molar-refractivity contribution < 1.29 is 0 Å². The number of hydrogen-bond acceptors (Lipinski definition) is 3. The van der Waals surface area contributed by atoms with Gasteiger partial charge < -0.3 is 10.2 Å². The van der Waals surface area contributed by atoms with Crippen LogP contribution in [0.15, 0.2) is 18.3 Å². The molecule has 1 heterocycles. The van der Waals surface area contributed by atoms with Crippen LogP contribution in [0.25, 0.3) is 0 Å². The zero-order valence-electron chi connectivity index (χ0n) is 12.7. The van der Waals surface area contributed by atoms with Crippen molar-refractivity contribution in [2.24, 2.45) is 11.8 Å². The Morgan fingerprint density at radius 3 is 2.74 bits per heavy atom. The lowest BCUT2D eigenvalue weighted by molar-refractivity contribution is 0.569. The predicted octanol–water partition coefficient (Wildman–Crippen LogP) is 3.23. The van der Waals surface area contributed by atoms with Crippen molar-refractivity contribution in [3.8, 4) is 0 Å². The fourth-order valence-electron chi connectivity index (χ4n) is 2.46. The molecule has 1 aromatic heterocycles. The minimum Gasteiger partial charge on any atom is -0.359 e. The third kappa shape index (κ3) is 3.93. The average molecular weight is 261 g/mol. The summed E-state index contributed by atoms with van der Waals surface area (Å²) in [4.78, 5) is 6.88. The summed E-state index contributed by atoms with van der Waals surface area (Å²) in [5.74, 6) is 2.86. The van der Waals surface area contributed by atoms with Crippen molar-refractivity contribution >= 4 is 5.82 Å². The second kappa shape index (κ2) is 6.38. The van der Waals surface area contributed by atoms with Crippen LogP contribution in [0.4, 0.5) is 5.82 Å². The molecule has 0 saturated heterocycles. The van der Waals surface area contributed by atoms with Crippen LogP contribution in [-0.4, -0.2) is 25.1 Å². The summed E-state index contributed by atoms with van der Waals surface area (Å²) in [5.41, 5.74) is 1.27. The van der Waals surface area contributed by atoms with Crippen molar-refractivity contribution in [2.45, 2.75) is 39.7 Å². The number of nitrogens with zero attached hydrogens (tertiary/aromatic N) is 2. The van der Waals surface area contributed by atoms with E-state index in [2.05, 4.69) is 55.2 Å². The maximum Gasteiger partial charge on any atom is 0.128 e. The molecular formula is C16H27N3. The molecule has 106 valence electrons. The van der Waals surface area contributed by atoms with E-state index in [-0.39, 0.29) is 0 Å². The fraction of sp³-hybridized carbons (Fsp3) is 0.688. The van der Waals surface area contributed by atoms with Gasteiger partial charge >= 0.3 is 0 Å². The second-order valence-electron chi connectivity index (χ2n) is 5.98. The van der Waals surface area contributed by atoms with Gasteiger partial charge in [-0.15, -0.1) is 0 Å². The second-order valence-corrected chi connectivity index (χ2v) is 5.98. The highest BCUT2D eigenvalue weighted by Crippen LogP contribution is 2.38. The van der Waals surface area contributed by atoms with Gasteiger partial charge in [-0.05, 0) is 49.8 Å². The van der Waals surface area contributed by atoms with Gasteiger partial charge in [-0.1, -0.05) is 19.9 Å². The normalized spacial score (nSPS) is 23.2. The van der Waals surface area contributed by atoms with E-state index in [1.54, 1.807) is 0 Å². The van der Waals surface area contributed by atoms with Gasteiger partial charge in [0.05, 0.1) is 0 Å². The summed E-state index contributed by atoms with van der Waals surface area (Å²) < 4.78 is 0. The van der Waals surface area contributed by atoms with E-state index in [1.807, 2.05) is 6.20 Å². The number of nitrogens with one attached hydrogen (secondary N) is 1. The Kier molecular flexibility index (Phi) is 4.81. The maximum atomic E-state index is 4.60. The predicted molar refractivity (Wildman–Crippen MR) is 81.5 cm³/mol. The lowest BCUT2D eigenvalue weighted by atomic mass is 10.1. The van der Waals surface area contributed by atoms with Crippen LogP contribution < -0.4 is 10.2 Å². The van der Waals surface area contributed by atoms with Crippen molar-refractivity contribution in [1.82, 2.24) is 10.3 Å². The van der Waals surface area contributed by atoms with E-state index in [4.69, 9.17) is 0 Å². The maximum absolute atomic E-state index is 4.60. The SMILES string of the molecule is CCCNC(C)c1ccc(N(C)CC2CC2C)nc1. The Hall–Kier alpha value is -1.09. The number of rotatable bonds is 7. The van der Waals surface area contributed by atoms with Crippen LogP contribution in [-0.2, 0) is 0 Å². The van der Waals surface area contributed by atoms with Gasteiger partial charge in [0.2, 0.25) is 0 Å². The van der Waals surface area contributed by atoms with Crippen LogP contribution >= 0.6 is 0 Å². The Morgan fingerprint density at radius 2 is 2.21 bits per heavy atom. The van der Waals surface area contributed by atoms with Gasteiger partial charge in [-0.25, -0.2) is 4.98 Å². The summed E-state index contributed by atoms with van der Waals surface area (Å²) in [6.07, 6.45) is 4.55. The fourth-order valence-corrected chi connectivity index (χ4v) is 2.46. The Bertz CT molecular complexity index is 387. The molecule has 1 aromatic rings. The number of pyridine rings is 1. The van der Waals surface area contributed by atoms with Gasteiger partial charge in [0.1, 0.15) is 5.82 Å². The van der Waals surface area contributed by atoms with E-state index in [9.17, 15) is 0 Å². The molecule has 0 aromatic carbocycles. The highest BCUT2D eigenvalue weighted by atomic mass is 15.2. The summed E-state index contributed by atoms with van der Waals surface area (Å²) in [7, 11) is 2.14. The van der Waals surface area contributed by atoms with Crippen LogP contribution in [0.3, 0.4) is 0 Å². The summed E-state index contributed by atoms with van der Waals surface area (Å²) in [5, 5.41) is 3.49. The van der Waals surface area contributed by atoms with Crippen molar-refractivity contribution in [1.29, 1.82) is 0 Å². The molecule has 19 heavy (non-hydrogen) atoms. The standard InChI is InChI=1S/C16H27N3/c1-5-8-17-13(3)14-6-7-16(18-10-14)19(4)11-15-9-12(15)2/h6-7,10,12-13,15,17H,5,8-9,11H2,1-4H3. The van der Waals surface area contributed by atoms with Gasteiger partial charge in [0.25, 0.3) is 0 Å². The zero-order chi connectivity index (χ0) is 13.8.